The number of aliphatic carboxylic acids is 1. The van der Waals surface area contributed by atoms with Gasteiger partial charge in [-0.2, -0.15) is 0 Å². The number of carboxylic acids is 1. The van der Waals surface area contributed by atoms with Crippen molar-refractivity contribution < 1.29 is 19.4 Å². The molecule has 0 radical (unpaired) electrons. The molecule has 0 aliphatic rings. The first-order valence-corrected chi connectivity index (χ1v) is 6.73. The molecule has 0 aliphatic heterocycles. The third-order valence-electron chi connectivity index (χ3n) is 3.21. The quantitative estimate of drug-likeness (QED) is 0.854. The number of methoxy groups -OCH3 is 2. The number of anilines is 1. The van der Waals surface area contributed by atoms with Crippen molar-refractivity contribution in [3.8, 4) is 22.6 Å². The van der Waals surface area contributed by atoms with Crippen LogP contribution in [-0.4, -0.2) is 36.3 Å². The molecule has 6 heteroatoms. The first-order chi connectivity index (χ1) is 10.6. The van der Waals surface area contributed by atoms with E-state index in [0.29, 0.717) is 17.3 Å². The number of pyridine rings is 1. The molecule has 0 fully saturated rings. The zero-order valence-electron chi connectivity index (χ0n) is 12.7. The fourth-order valence-corrected chi connectivity index (χ4v) is 2.05. The smallest absolute Gasteiger partial charge is 0.325 e. The maximum atomic E-state index is 10.8. The van der Waals surface area contributed by atoms with Gasteiger partial charge >= 0.3 is 5.97 Å². The van der Waals surface area contributed by atoms with Crippen LogP contribution >= 0.6 is 0 Å². The minimum absolute atomic E-state index is 0.493. The Kier molecular flexibility index (Phi) is 4.83. The van der Waals surface area contributed by atoms with E-state index in [1.54, 1.807) is 33.4 Å². The van der Waals surface area contributed by atoms with Crippen LogP contribution in [0.25, 0.3) is 11.1 Å². The van der Waals surface area contributed by atoms with Crippen LogP contribution in [-0.2, 0) is 4.79 Å². The van der Waals surface area contributed by atoms with Crippen LogP contribution in [0.15, 0.2) is 36.5 Å². The average Bonchev–Trinajstić information content (AvgIpc) is 2.54. The molecule has 0 saturated heterocycles. The number of nitrogens with zero attached hydrogens (tertiary/aromatic N) is 1. The Morgan fingerprint density at radius 3 is 2.27 bits per heavy atom. The van der Waals surface area contributed by atoms with E-state index in [2.05, 4.69) is 10.3 Å². The maximum absolute atomic E-state index is 10.8. The van der Waals surface area contributed by atoms with Crippen LogP contribution in [0.4, 0.5) is 5.82 Å². The van der Waals surface area contributed by atoms with Gasteiger partial charge in [0.2, 0.25) is 0 Å². The predicted octanol–water partition coefficient (Wildman–Crippen LogP) is 2.65. The summed E-state index contributed by atoms with van der Waals surface area (Å²) < 4.78 is 10.7. The zero-order chi connectivity index (χ0) is 16.1. The van der Waals surface area contributed by atoms with Crippen molar-refractivity contribution in [3.63, 3.8) is 0 Å². The van der Waals surface area contributed by atoms with Gasteiger partial charge in [0.25, 0.3) is 0 Å². The molecule has 2 aromatic rings. The highest BCUT2D eigenvalue weighted by Crippen LogP contribution is 2.37. The minimum atomic E-state index is -0.933. The van der Waals surface area contributed by atoms with Crippen molar-refractivity contribution in [2.24, 2.45) is 0 Å². The molecule has 116 valence electrons. The van der Waals surface area contributed by atoms with E-state index in [0.717, 1.165) is 11.1 Å². The van der Waals surface area contributed by atoms with Crippen LogP contribution < -0.4 is 14.8 Å². The molecule has 0 spiro atoms. The first kappa shape index (κ1) is 15.6. The molecule has 0 bridgehead atoms. The maximum Gasteiger partial charge on any atom is 0.325 e. The molecule has 1 aromatic carbocycles. The van der Waals surface area contributed by atoms with Gasteiger partial charge in [0.15, 0.2) is 0 Å². The second kappa shape index (κ2) is 6.80. The lowest BCUT2D eigenvalue weighted by atomic mass is 10.1. The SMILES string of the molecule is COc1cccc(OC)c1-c1ccc(N[C@@H](C)C(=O)O)nc1. The normalized spacial score (nSPS) is 11.6. The topological polar surface area (TPSA) is 80.7 Å². The number of benzene rings is 1. The van der Waals surface area contributed by atoms with Gasteiger partial charge in [-0.3, -0.25) is 4.79 Å². The Morgan fingerprint density at radius 2 is 1.82 bits per heavy atom. The fourth-order valence-electron chi connectivity index (χ4n) is 2.05. The van der Waals surface area contributed by atoms with Crippen LogP contribution in [0, 0.1) is 0 Å². The third kappa shape index (κ3) is 3.28. The summed E-state index contributed by atoms with van der Waals surface area (Å²) in [4.78, 5) is 15.1. The molecule has 2 N–H and O–H groups in total. The van der Waals surface area contributed by atoms with Crippen LogP contribution in [0.3, 0.4) is 0 Å². The molecule has 0 amide bonds. The summed E-state index contributed by atoms with van der Waals surface area (Å²) >= 11 is 0. The molecule has 0 saturated carbocycles. The van der Waals surface area contributed by atoms with Crippen LogP contribution in [0.1, 0.15) is 6.92 Å². The van der Waals surface area contributed by atoms with Gasteiger partial charge in [-0.1, -0.05) is 6.07 Å². The highest BCUT2D eigenvalue weighted by atomic mass is 16.5. The Balaban J connectivity index is 2.33. The van der Waals surface area contributed by atoms with Crippen molar-refractivity contribution in [1.29, 1.82) is 0 Å². The summed E-state index contributed by atoms with van der Waals surface area (Å²) in [6.45, 7) is 1.56. The molecule has 2 rings (SSSR count). The van der Waals surface area contributed by atoms with Gasteiger partial charge in [-0.15, -0.1) is 0 Å². The molecule has 6 nitrogen and oxygen atoms in total. The summed E-state index contributed by atoms with van der Waals surface area (Å²) in [5.41, 5.74) is 1.63. The van der Waals surface area contributed by atoms with Gasteiger partial charge in [0, 0.05) is 11.8 Å². The predicted molar refractivity (Wildman–Crippen MR) is 83.5 cm³/mol. The van der Waals surface area contributed by atoms with Crippen molar-refractivity contribution in [2.45, 2.75) is 13.0 Å². The van der Waals surface area contributed by atoms with E-state index < -0.39 is 12.0 Å². The summed E-state index contributed by atoms with van der Waals surface area (Å²) in [6.07, 6.45) is 1.65. The molecular formula is C16H18N2O4. The van der Waals surface area contributed by atoms with E-state index in [-0.39, 0.29) is 0 Å². The van der Waals surface area contributed by atoms with Crippen LogP contribution in [0.5, 0.6) is 11.5 Å². The lowest BCUT2D eigenvalue weighted by Crippen LogP contribution is -2.25. The monoisotopic (exact) mass is 302 g/mol. The molecule has 0 aliphatic carbocycles. The molecule has 22 heavy (non-hydrogen) atoms. The molecule has 1 aromatic heterocycles. The van der Waals surface area contributed by atoms with E-state index in [1.165, 1.54) is 0 Å². The van der Waals surface area contributed by atoms with Crippen molar-refractivity contribution >= 4 is 11.8 Å². The highest BCUT2D eigenvalue weighted by molar-refractivity contribution is 5.78. The summed E-state index contributed by atoms with van der Waals surface area (Å²) in [7, 11) is 3.19. The van der Waals surface area contributed by atoms with Gasteiger partial charge < -0.3 is 19.9 Å². The highest BCUT2D eigenvalue weighted by Gasteiger charge is 2.14. The Labute approximate surface area is 128 Å². The average molecular weight is 302 g/mol. The number of rotatable bonds is 6. The van der Waals surface area contributed by atoms with E-state index in [1.807, 2.05) is 24.3 Å². The lowest BCUT2D eigenvalue weighted by Gasteiger charge is -2.14. The largest absolute Gasteiger partial charge is 0.496 e. The van der Waals surface area contributed by atoms with Crippen molar-refractivity contribution in [2.75, 3.05) is 19.5 Å². The molecule has 1 atom stereocenters. The zero-order valence-corrected chi connectivity index (χ0v) is 12.7. The fraction of sp³-hybridized carbons (Fsp3) is 0.250. The van der Waals surface area contributed by atoms with Gasteiger partial charge in [0.05, 0.1) is 19.8 Å². The van der Waals surface area contributed by atoms with Gasteiger partial charge in [0.1, 0.15) is 23.4 Å². The Bertz CT molecular complexity index is 633. The summed E-state index contributed by atoms with van der Waals surface area (Å²) in [5, 5.41) is 11.7. The first-order valence-electron chi connectivity index (χ1n) is 6.73. The van der Waals surface area contributed by atoms with E-state index in [9.17, 15) is 4.79 Å². The number of ether oxygens (including phenoxy) is 2. The van der Waals surface area contributed by atoms with E-state index >= 15 is 0 Å². The molecule has 1 heterocycles. The van der Waals surface area contributed by atoms with Crippen molar-refractivity contribution in [1.82, 2.24) is 4.98 Å². The van der Waals surface area contributed by atoms with Crippen molar-refractivity contribution in [3.05, 3.63) is 36.5 Å². The minimum Gasteiger partial charge on any atom is -0.496 e. The summed E-state index contributed by atoms with van der Waals surface area (Å²) in [5.74, 6) is 0.923. The lowest BCUT2D eigenvalue weighted by molar-refractivity contribution is -0.137. The molecule has 0 unspecified atom stereocenters. The van der Waals surface area contributed by atoms with Gasteiger partial charge in [-0.25, -0.2) is 4.98 Å². The standard InChI is InChI=1S/C16H18N2O4/c1-10(16(19)20)18-14-8-7-11(9-17-14)15-12(21-2)5-4-6-13(15)22-3/h4-10H,1-3H3,(H,17,18)(H,19,20)/t10-/m0/s1. The number of hydrogen-bond donors (Lipinski definition) is 2. The Hall–Kier alpha value is -2.76. The Morgan fingerprint density at radius 1 is 1.18 bits per heavy atom. The number of aromatic nitrogens is 1. The third-order valence-corrected chi connectivity index (χ3v) is 3.21. The molecular weight excluding hydrogens is 284 g/mol. The number of carbonyl (C=O) groups is 1. The van der Waals surface area contributed by atoms with E-state index in [4.69, 9.17) is 14.6 Å². The second-order valence-electron chi connectivity index (χ2n) is 4.67. The summed E-state index contributed by atoms with van der Waals surface area (Å²) in [6, 6.07) is 8.39. The number of hydrogen-bond acceptors (Lipinski definition) is 5. The van der Waals surface area contributed by atoms with Crippen LogP contribution in [0.2, 0.25) is 0 Å². The second-order valence-corrected chi connectivity index (χ2v) is 4.67. The number of nitrogens with one attached hydrogen (secondary N) is 1. The van der Waals surface area contributed by atoms with Gasteiger partial charge in [-0.05, 0) is 31.2 Å². The number of carboxylic acid groups (broad SMARTS) is 1.